The third-order valence-corrected chi connectivity index (χ3v) is 2.67. The normalized spacial score (nSPS) is 9.75. The molecule has 0 aliphatic carbocycles. The molecule has 1 heterocycles. The number of ether oxygens (including phenoxy) is 1. The van der Waals surface area contributed by atoms with Gasteiger partial charge in [-0.3, -0.25) is 4.98 Å². The van der Waals surface area contributed by atoms with Crippen LogP contribution in [-0.4, -0.2) is 16.7 Å². The van der Waals surface area contributed by atoms with Gasteiger partial charge in [-0.1, -0.05) is 29.5 Å². The van der Waals surface area contributed by atoms with Crippen molar-refractivity contribution in [3.63, 3.8) is 0 Å². The van der Waals surface area contributed by atoms with E-state index < -0.39 is 5.82 Å². The summed E-state index contributed by atoms with van der Waals surface area (Å²) < 4.78 is 19.0. The summed E-state index contributed by atoms with van der Waals surface area (Å²) in [6.07, 6.45) is 3.07. The zero-order chi connectivity index (χ0) is 14.4. The second-order valence-corrected chi connectivity index (χ2v) is 4.33. The maximum atomic E-state index is 13.6. The zero-order valence-electron chi connectivity index (χ0n) is 10.4. The van der Waals surface area contributed by atoms with E-state index in [4.69, 9.17) is 21.4 Å². The minimum absolute atomic E-state index is 0.0710. The van der Waals surface area contributed by atoms with Crippen LogP contribution in [-0.2, 0) is 6.61 Å². The van der Waals surface area contributed by atoms with Crippen LogP contribution in [0.15, 0.2) is 36.7 Å². The molecule has 0 spiro atoms. The predicted molar refractivity (Wildman–Crippen MR) is 73.9 cm³/mol. The Morgan fingerprint density at radius 3 is 2.90 bits per heavy atom. The average molecular weight is 292 g/mol. The summed E-state index contributed by atoms with van der Waals surface area (Å²) >= 11 is 5.68. The van der Waals surface area contributed by atoms with E-state index in [2.05, 4.69) is 16.8 Å². The largest absolute Gasteiger partial charge is 0.487 e. The maximum absolute atomic E-state index is 13.6. The molecule has 3 nitrogen and oxygen atoms in total. The topological polar surface area (TPSA) is 42.4 Å². The summed E-state index contributed by atoms with van der Waals surface area (Å²) in [5.41, 5.74) is 1.02. The summed E-state index contributed by atoms with van der Waals surface area (Å²) in [6.45, 7) is -0.150. The first kappa shape index (κ1) is 14.3. The Kier molecular flexibility index (Phi) is 4.94. The Morgan fingerprint density at radius 2 is 2.15 bits per heavy atom. The monoisotopic (exact) mass is 291 g/mol. The SMILES string of the molecule is OCC#Cc1cncc(OCc2ccc(Cl)cc2F)c1. The molecular formula is C15H11ClFNO2. The van der Waals surface area contributed by atoms with Crippen LogP contribution in [0.25, 0.3) is 0 Å². The standard InChI is InChI=1S/C15H11ClFNO2/c16-13-4-3-12(15(17)7-13)10-20-14-6-11(2-1-5-19)8-18-9-14/h3-4,6-9,19H,5,10H2. The highest BCUT2D eigenvalue weighted by molar-refractivity contribution is 6.30. The second-order valence-electron chi connectivity index (χ2n) is 3.89. The number of aliphatic hydroxyl groups is 1. The van der Waals surface area contributed by atoms with Gasteiger partial charge in [0.15, 0.2) is 0 Å². The quantitative estimate of drug-likeness (QED) is 0.884. The van der Waals surface area contributed by atoms with Gasteiger partial charge in [0.25, 0.3) is 0 Å². The van der Waals surface area contributed by atoms with Crippen LogP contribution in [0.3, 0.4) is 0 Å². The van der Waals surface area contributed by atoms with Gasteiger partial charge in [-0.2, -0.15) is 0 Å². The molecule has 5 heteroatoms. The Morgan fingerprint density at radius 1 is 1.30 bits per heavy atom. The molecule has 0 bridgehead atoms. The molecule has 0 aliphatic heterocycles. The molecule has 0 unspecified atom stereocenters. The predicted octanol–water partition coefficient (Wildman–Crippen LogP) is 2.80. The fourth-order valence-electron chi connectivity index (χ4n) is 1.51. The Hall–Kier alpha value is -2.09. The number of rotatable bonds is 3. The highest BCUT2D eigenvalue weighted by Gasteiger charge is 2.04. The van der Waals surface area contributed by atoms with Crippen LogP contribution in [0.2, 0.25) is 5.02 Å². The van der Waals surface area contributed by atoms with Gasteiger partial charge in [0.1, 0.15) is 24.8 Å². The second kappa shape index (κ2) is 6.90. The number of aliphatic hydroxyl groups excluding tert-OH is 1. The third-order valence-electron chi connectivity index (χ3n) is 2.43. The van der Waals surface area contributed by atoms with E-state index in [0.29, 0.717) is 21.9 Å². The molecule has 20 heavy (non-hydrogen) atoms. The van der Waals surface area contributed by atoms with Crippen molar-refractivity contribution in [2.24, 2.45) is 0 Å². The van der Waals surface area contributed by atoms with Gasteiger partial charge in [-0.05, 0) is 18.2 Å². The first-order valence-corrected chi connectivity index (χ1v) is 6.18. The molecular weight excluding hydrogens is 281 g/mol. The zero-order valence-corrected chi connectivity index (χ0v) is 11.2. The van der Waals surface area contributed by atoms with Crippen LogP contribution in [0.5, 0.6) is 5.75 Å². The molecule has 0 radical (unpaired) electrons. The van der Waals surface area contributed by atoms with E-state index in [1.54, 1.807) is 24.4 Å². The van der Waals surface area contributed by atoms with Crippen molar-refractivity contribution in [3.05, 3.63) is 58.6 Å². The first-order valence-electron chi connectivity index (χ1n) is 5.80. The van der Waals surface area contributed by atoms with E-state index in [1.807, 2.05) is 0 Å². The molecule has 2 aromatic rings. The van der Waals surface area contributed by atoms with Crippen LogP contribution in [0.1, 0.15) is 11.1 Å². The van der Waals surface area contributed by atoms with Crippen LogP contribution < -0.4 is 4.74 Å². The van der Waals surface area contributed by atoms with E-state index in [1.165, 1.54) is 12.3 Å². The van der Waals surface area contributed by atoms with Gasteiger partial charge in [-0.15, -0.1) is 0 Å². The lowest BCUT2D eigenvalue weighted by atomic mass is 10.2. The first-order chi connectivity index (χ1) is 9.69. The van der Waals surface area contributed by atoms with Crippen molar-refractivity contribution in [1.82, 2.24) is 4.98 Å². The average Bonchev–Trinajstić information content (AvgIpc) is 2.45. The molecule has 1 aromatic heterocycles. The highest BCUT2D eigenvalue weighted by Crippen LogP contribution is 2.17. The van der Waals surface area contributed by atoms with Crippen molar-refractivity contribution >= 4 is 11.6 Å². The van der Waals surface area contributed by atoms with E-state index >= 15 is 0 Å². The lowest BCUT2D eigenvalue weighted by molar-refractivity contribution is 0.298. The fraction of sp³-hybridized carbons (Fsp3) is 0.133. The lowest BCUT2D eigenvalue weighted by Crippen LogP contribution is -1.99. The number of pyridine rings is 1. The number of hydrogen-bond donors (Lipinski definition) is 1. The number of nitrogens with zero attached hydrogens (tertiary/aromatic N) is 1. The molecule has 0 amide bonds. The molecule has 1 N–H and O–H groups in total. The minimum Gasteiger partial charge on any atom is -0.487 e. The number of benzene rings is 1. The third kappa shape index (κ3) is 3.95. The molecule has 0 aliphatic rings. The molecule has 0 saturated heterocycles. The Bertz CT molecular complexity index is 664. The van der Waals surface area contributed by atoms with Crippen molar-refractivity contribution < 1.29 is 14.2 Å². The molecule has 102 valence electrons. The van der Waals surface area contributed by atoms with E-state index in [-0.39, 0.29) is 13.2 Å². The molecule has 0 saturated carbocycles. The van der Waals surface area contributed by atoms with Crippen molar-refractivity contribution in [1.29, 1.82) is 0 Å². The number of halogens is 2. The highest BCUT2D eigenvalue weighted by atomic mass is 35.5. The molecule has 2 rings (SSSR count). The van der Waals surface area contributed by atoms with E-state index in [9.17, 15) is 4.39 Å². The van der Waals surface area contributed by atoms with Gasteiger partial charge in [-0.25, -0.2) is 4.39 Å². The molecule has 1 aromatic carbocycles. The smallest absolute Gasteiger partial charge is 0.139 e. The van der Waals surface area contributed by atoms with Crippen LogP contribution in [0, 0.1) is 17.7 Å². The van der Waals surface area contributed by atoms with Crippen molar-refractivity contribution in [3.8, 4) is 17.6 Å². The summed E-state index contributed by atoms with van der Waals surface area (Å²) in [4.78, 5) is 3.96. The maximum Gasteiger partial charge on any atom is 0.139 e. The molecule has 0 atom stereocenters. The van der Waals surface area contributed by atoms with Gasteiger partial charge in [0.2, 0.25) is 0 Å². The van der Waals surface area contributed by atoms with Crippen molar-refractivity contribution in [2.75, 3.05) is 6.61 Å². The Labute approximate surface area is 121 Å². The van der Waals surface area contributed by atoms with Crippen LogP contribution in [0.4, 0.5) is 4.39 Å². The summed E-state index contributed by atoms with van der Waals surface area (Å²) in [7, 11) is 0. The molecule has 0 fully saturated rings. The summed E-state index contributed by atoms with van der Waals surface area (Å²) in [5, 5.41) is 8.97. The van der Waals surface area contributed by atoms with Gasteiger partial charge < -0.3 is 9.84 Å². The van der Waals surface area contributed by atoms with Gasteiger partial charge in [0, 0.05) is 22.3 Å². The fourth-order valence-corrected chi connectivity index (χ4v) is 1.67. The van der Waals surface area contributed by atoms with Crippen molar-refractivity contribution in [2.45, 2.75) is 6.61 Å². The van der Waals surface area contributed by atoms with Gasteiger partial charge >= 0.3 is 0 Å². The number of aromatic nitrogens is 1. The summed E-state index contributed by atoms with van der Waals surface area (Å²) in [5.74, 6) is 5.29. The van der Waals surface area contributed by atoms with Crippen LogP contribution >= 0.6 is 11.6 Å². The lowest BCUT2D eigenvalue weighted by Gasteiger charge is -2.07. The minimum atomic E-state index is -0.415. The number of hydrogen-bond acceptors (Lipinski definition) is 3. The van der Waals surface area contributed by atoms with Gasteiger partial charge in [0.05, 0.1) is 6.20 Å². The van der Waals surface area contributed by atoms with E-state index in [0.717, 1.165) is 0 Å². The summed E-state index contributed by atoms with van der Waals surface area (Å²) in [6, 6.07) is 6.08. The Balaban J connectivity index is 2.07.